The highest BCUT2D eigenvalue weighted by Gasteiger charge is 2.30. The molecule has 39 heavy (non-hydrogen) atoms. The molecular formula is C31H63NO7. The minimum absolute atomic E-state index is 0.0584. The van der Waals surface area contributed by atoms with Gasteiger partial charge >= 0.3 is 6.09 Å². The summed E-state index contributed by atoms with van der Waals surface area (Å²) in [5.74, 6) is -0.0584. The molecule has 0 aliphatic heterocycles. The van der Waals surface area contributed by atoms with Crippen LogP contribution in [0.4, 0.5) is 4.79 Å². The van der Waals surface area contributed by atoms with Crippen LogP contribution in [0.1, 0.15) is 144 Å². The molecule has 0 fully saturated rings. The van der Waals surface area contributed by atoms with E-state index in [2.05, 4.69) is 19.2 Å². The Kier molecular flexibility index (Phi) is 25.2. The molecule has 1 amide bonds. The number of unbranched alkanes of at least 4 members (excludes halogenated alkanes) is 16. The van der Waals surface area contributed by atoms with Gasteiger partial charge in [0.15, 0.2) is 0 Å². The molecule has 0 aliphatic carbocycles. The Morgan fingerprint density at radius 2 is 1.05 bits per heavy atom. The summed E-state index contributed by atoms with van der Waals surface area (Å²) in [6.45, 7) is 2.22. The van der Waals surface area contributed by atoms with E-state index in [-0.39, 0.29) is 5.92 Å². The minimum atomic E-state index is -1.76. The number of hydrogen-bond donors (Lipinski definition) is 6. The second-order valence-corrected chi connectivity index (χ2v) is 11.2. The molecule has 0 saturated carbocycles. The third-order valence-electron chi connectivity index (χ3n) is 7.51. The van der Waals surface area contributed by atoms with Gasteiger partial charge in [0.2, 0.25) is 0 Å². The topological polar surface area (TPSA) is 139 Å². The van der Waals surface area contributed by atoms with E-state index in [9.17, 15) is 25.2 Å². The van der Waals surface area contributed by atoms with Gasteiger partial charge in [0, 0.05) is 6.54 Å². The second kappa shape index (κ2) is 27.3. The monoisotopic (exact) mass is 562 g/mol. The van der Waals surface area contributed by atoms with Gasteiger partial charge in [-0.15, -0.1) is 0 Å². The van der Waals surface area contributed by atoms with E-state index in [1.54, 1.807) is 0 Å². The van der Waals surface area contributed by atoms with Gasteiger partial charge in [-0.2, -0.15) is 0 Å². The zero-order chi connectivity index (χ0) is 30.0. The fraction of sp³-hybridized carbons (Fsp3) is 0.968. The highest BCUT2D eigenvalue weighted by molar-refractivity contribution is 5.67. The Labute approximate surface area is 240 Å². The molecule has 0 bridgehead atoms. The van der Waals surface area contributed by atoms with Crippen LogP contribution in [0, 0.1) is 5.92 Å². The molecule has 0 aromatic carbocycles. The van der Waals surface area contributed by atoms with Crippen molar-refractivity contribution in [1.82, 2.24) is 5.32 Å². The van der Waals surface area contributed by atoms with Crippen molar-refractivity contribution in [3.8, 4) is 0 Å². The van der Waals surface area contributed by atoms with Crippen molar-refractivity contribution in [3.05, 3.63) is 0 Å². The smallest absolute Gasteiger partial charge is 0.407 e. The Morgan fingerprint density at radius 1 is 0.667 bits per heavy atom. The van der Waals surface area contributed by atoms with Crippen LogP contribution < -0.4 is 5.32 Å². The first-order valence-electron chi connectivity index (χ1n) is 16.6. The highest BCUT2D eigenvalue weighted by atomic mass is 16.5. The van der Waals surface area contributed by atoms with Crippen molar-refractivity contribution >= 4 is 6.09 Å². The van der Waals surface area contributed by atoms with Crippen LogP contribution in [-0.2, 0) is 4.74 Å². The maximum absolute atomic E-state index is 12.3. The molecule has 234 valence electrons. The van der Waals surface area contributed by atoms with Crippen molar-refractivity contribution in [3.63, 3.8) is 0 Å². The Bertz CT molecular complexity index is 572. The van der Waals surface area contributed by atoms with Crippen molar-refractivity contribution in [2.45, 2.75) is 167 Å². The standard InChI is InChI=1S/C31H63NO7/c1-3-5-7-9-11-13-14-16-18-20-22-26(21-19-17-15-12-10-8-6-4-2)25-39-31(38)32-23-27(34)29(36)30(37)28(35)24-33/h26-30,33-37H,3-25H2,1-2H3,(H,32,38)/t26?,27-,28+,29+,30+/m0/s1/i25D/t25?,26?,27-,28+,29+,30+. The summed E-state index contributed by atoms with van der Waals surface area (Å²) in [5, 5.41) is 50.2. The largest absolute Gasteiger partial charge is 0.449 e. The van der Waals surface area contributed by atoms with Crippen molar-refractivity contribution in [2.75, 3.05) is 19.7 Å². The number of hydrogen-bond acceptors (Lipinski definition) is 7. The number of amides is 1. The first-order valence-corrected chi connectivity index (χ1v) is 16.0. The summed E-state index contributed by atoms with van der Waals surface area (Å²) >= 11 is 0. The average Bonchev–Trinajstić information content (AvgIpc) is 2.95. The second-order valence-electron chi connectivity index (χ2n) is 11.2. The number of carbonyl (C=O) groups excluding carboxylic acids is 1. The molecule has 2 unspecified atom stereocenters. The maximum atomic E-state index is 12.3. The van der Waals surface area contributed by atoms with Crippen LogP contribution in [0.25, 0.3) is 0 Å². The lowest BCUT2D eigenvalue weighted by molar-refractivity contribution is -0.113. The lowest BCUT2D eigenvalue weighted by Crippen LogP contribution is -2.49. The third kappa shape index (κ3) is 22.4. The molecule has 8 heteroatoms. The van der Waals surface area contributed by atoms with Gasteiger partial charge in [-0.1, -0.05) is 129 Å². The third-order valence-corrected chi connectivity index (χ3v) is 7.51. The maximum Gasteiger partial charge on any atom is 0.407 e. The number of rotatable bonds is 28. The zero-order valence-electron chi connectivity index (χ0n) is 26.1. The van der Waals surface area contributed by atoms with E-state index in [1.807, 2.05) is 0 Å². The van der Waals surface area contributed by atoms with Gasteiger partial charge < -0.3 is 35.6 Å². The van der Waals surface area contributed by atoms with Crippen molar-refractivity contribution < 1.29 is 36.4 Å². The van der Waals surface area contributed by atoms with Crippen LogP contribution in [0.2, 0.25) is 0 Å². The summed E-state index contributed by atoms with van der Waals surface area (Å²) in [5.41, 5.74) is 0. The summed E-state index contributed by atoms with van der Waals surface area (Å²) in [7, 11) is 0. The van der Waals surface area contributed by atoms with Crippen LogP contribution in [0.15, 0.2) is 0 Å². The molecule has 0 aromatic heterocycles. The summed E-state index contributed by atoms with van der Waals surface area (Å²) in [6, 6.07) is 0. The average molecular weight is 563 g/mol. The number of ether oxygens (including phenoxy) is 1. The lowest BCUT2D eigenvalue weighted by Gasteiger charge is -2.25. The van der Waals surface area contributed by atoms with Gasteiger partial charge in [0.05, 0.1) is 20.7 Å². The summed E-state index contributed by atoms with van der Waals surface area (Å²) in [6.07, 6.45) is 16.2. The molecule has 0 aromatic rings. The molecule has 0 radical (unpaired) electrons. The van der Waals surface area contributed by atoms with Gasteiger partial charge in [-0.25, -0.2) is 4.79 Å². The molecule has 0 rings (SSSR count). The molecule has 0 spiro atoms. The van der Waals surface area contributed by atoms with Gasteiger partial charge in [-0.05, 0) is 18.8 Å². The number of carbonyl (C=O) groups is 1. The van der Waals surface area contributed by atoms with Crippen molar-refractivity contribution in [1.29, 1.82) is 0 Å². The highest BCUT2D eigenvalue weighted by Crippen LogP contribution is 2.20. The van der Waals surface area contributed by atoms with Crippen LogP contribution in [-0.4, -0.2) is 75.8 Å². The predicted molar refractivity (Wildman–Crippen MR) is 158 cm³/mol. The van der Waals surface area contributed by atoms with Crippen molar-refractivity contribution in [2.24, 2.45) is 5.92 Å². The SMILES string of the molecule is [2H]C(OC(=O)NC[C@H](O)[C@@H](O)[C@H](O)[C@H](O)CO)C(CCCCCCCCCC)CCCCCCCCCCCC. The summed E-state index contributed by atoms with van der Waals surface area (Å²) in [4.78, 5) is 12.3. The minimum Gasteiger partial charge on any atom is -0.449 e. The number of aliphatic hydroxyl groups is 5. The molecular weight excluding hydrogens is 498 g/mol. The first-order chi connectivity index (χ1) is 19.3. The molecule has 6 atom stereocenters. The number of alkyl carbamates (subject to hydrolysis) is 1. The predicted octanol–water partition coefficient (Wildman–Crippen LogP) is 5.61. The Hall–Kier alpha value is -0.930. The normalized spacial score (nSPS) is 16.6. The molecule has 0 aliphatic rings. The van der Waals surface area contributed by atoms with E-state index >= 15 is 0 Å². The Balaban J connectivity index is 4.52. The van der Waals surface area contributed by atoms with Crippen LogP contribution in [0.5, 0.6) is 0 Å². The van der Waals surface area contributed by atoms with Crippen LogP contribution >= 0.6 is 0 Å². The molecule has 8 nitrogen and oxygen atoms in total. The molecule has 0 saturated heterocycles. The van der Waals surface area contributed by atoms with E-state index in [0.717, 1.165) is 38.5 Å². The zero-order valence-corrected chi connectivity index (χ0v) is 25.1. The number of nitrogens with one attached hydrogen (secondary N) is 1. The quantitative estimate of drug-likeness (QED) is 0.0682. The fourth-order valence-electron chi connectivity index (χ4n) is 4.79. The summed E-state index contributed by atoms with van der Waals surface area (Å²) < 4.78 is 13.8. The van der Waals surface area contributed by atoms with Gasteiger partial charge in [0.25, 0.3) is 0 Å². The van der Waals surface area contributed by atoms with Crippen LogP contribution in [0.3, 0.4) is 0 Å². The van der Waals surface area contributed by atoms with E-state index in [4.69, 9.17) is 11.2 Å². The van der Waals surface area contributed by atoms with E-state index < -0.39 is 50.2 Å². The first kappa shape index (κ1) is 36.1. The van der Waals surface area contributed by atoms with E-state index in [0.29, 0.717) is 0 Å². The van der Waals surface area contributed by atoms with Gasteiger partial charge in [0.1, 0.15) is 18.3 Å². The number of aliphatic hydroxyl groups excluding tert-OH is 5. The van der Waals surface area contributed by atoms with E-state index in [1.165, 1.54) is 89.9 Å². The molecule has 0 heterocycles. The lowest BCUT2D eigenvalue weighted by atomic mass is 9.94. The molecule has 6 N–H and O–H groups in total. The Morgan fingerprint density at radius 3 is 1.46 bits per heavy atom. The fourth-order valence-corrected chi connectivity index (χ4v) is 4.79. The van der Waals surface area contributed by atoms with Gasteiger partial charge in [-0.3, -0.25) is 0 Å².